The third-order valence-electron chi connectivity index (χ3n) is 26.1. The fourth-order valence-corrected chi connectivity index (χ4v) is 18.6. The van der Waals surface area contributed by atoms with E-state index in [-0.39, 0.29) is 190 Å². The number of aromatic nitrogens is 8. The number of carbonyl (C=O) groups excluding carboxylic acids is 8. The van der Waals surface area contributed by atoms with Gasteiger partial charge in [0.25, 0.3) is 11.8 Å². The molecular weight excluding hydrogens is 1960 g/mol. The molecule has 5 aliphatic heterocycles. The number of allylic oxidation sites excluding steroid dienone is 2. The molecule has 9 heterocycles. The number of carbonyl (C=O) groups is 8. The third kappa shape index (κ3) is 27.2. The van der Waals surface area contributed by atoms with E-state index in [1.54, 1.807) is 108 Å². The number of anilines is 2. The Kier molecular flexibility index (Phi) is 38.0. The fraction of sp³-hybridized carbons (Fsp3) is 0.377. The summed E-state index contributed by atoms with van der Waals surface area (Å²) in [4.78, 5) is 136. The van der Waals surface area contributed by atoms with Crippen molar-refractivity contribution >= 4 is 80.7 Å². The largest absolute Gasteiger partial charge is 0.457 e. The number of unbranched alkanes of at least 4 members (excludes halogenated alkanes) is 1. The first kappa shape index (κ1) is 108. The van der Waals surface area contributed by atoms with Crippen LogP contribution in [0.15, 0.2) is 194 Å². The first-order valence-electron chi connectivity index (χ1n) is 47.1. The van der Waals surface area contributed by atoms with E-state index in [2.05, 4.69) is 108 Å². The van der Waals surface area contributed by atoms with Crippen molar-refractivity contribution < 1.29 is 127 Å². The second-order valence-corrected chi connectivity index (χ2v) is 37.0. The summed E-state index contributed by atoms with van der Waals surface area (Å²) in [6.07, 6.45) is 14.7. The summed E-state index contributed by atoms with van der Waals surface area (Å²) < 4.78 is 51.8. The molecule has 32 nitrogen and oxygen atoms in total. The molecule has 10 aromatic rings. The van der Waals surface area contributed by atoms with E-state index < -0.39 is 22.6 Å². The predicted molar refractivity (Wildman–Crippen MR) is 526 cm³/mol. The number of piperazine rings is 1. The number of likely N-dealkylation sites (tertiary alicyclic amines) is 2. The van der Waals surface area contributed by atoms with Crippen LogP contribution in [0.4, 0.5) is 20.4 Å². The first-order chi connectivity index (χ1) is 67.3. The molecule has 2 unspecified atom stereocenters. The molecule has 2 aliphatic carbocycles. The van der Waals surface area contributed by atoms with Gasteiger partial charge in [0.2, 0.25) is 11.4 Å². The Bertz CT molecular complexity index is 6330. The SMILES string of the molecule is C=C1CCC(N2Cc3[c-]cccc3C2=O)C(=O)C1.C=C1CCC(N2Cc3[c-]cccc3C2=O)C(=O)C1.[C-]#[N+]/C(=C\C(C)(C)CN1CCN(CCOCCNC([CH2-])=O)CC1)C(=O)N1CCC[C@H]1Cn1nc(-c2ccc(Oc3ccccc3)cc2F)c2c(N)ncnc21.[C-]#[N+]/C(=C\C(C)(C)N(C)CCCCNC([CH2-])=O)C(=O)N1CCC[C@H]1Cn1nc(-c2ccc(Oc3ccccc3)cc2F)c2c(N)ncnc21.[Y].[Y]. The second kappa shape index (κ2) is 49.9. The van der Waals surface area contributed by atoms with E-state index in [9.17, 15) is 38.4 Å². The Balaban J connectivity index is 0.000000186. The molecule has 142 heavy (non-hydrogen) atoms. The van der Waals surface area contributed by atoms with Crippen LogP contribution in [0.1, 0.15) is 137 Å². The number of para-hydroxylation sites is 2. The van der Waals surface area contributed by atoms with Gasteiger partial charge in [0, 0.05) is 186 Å². The normalized spacial score (nSPS) is 17.7. The molecule has 36 heteroatoms. The van der Waals surface area contributed by atoms with Crippen molar-refractivity contribution in [1.29, 1.82) is 0 Å². The van der Waals surface area contributed by atoms with Crippen LogP contribution in [0.5, 0.6) is 23.0 Å². The number of benzene rings is 6. The Morgan fingerprint density at radius 2 is 1.02 bits per heavy atom. The molecule has 4 atom stereocenters. The molecule has 17 rings (SSSR count). The first-order valence-corrected chi connectivity index (χ1v) is 47.1. The molecule has 6 amide bonds. The van der Waals surface area contributed by atoms with Gasteiger partial charge in [0.1, 0.15) is 70.3 Å². The molecule has 3 saturated heterocycles. The van der Waals surface area contributed by atoms with Gasteiger partial charge < -0.3 is 84.2 Å². The summed E-state index contributed by atoms with van der Waals surface area (Å²) in [5, 5.41) is 15.7. The number of nitrogens with one attached hydrogen (secondary N) is 2. The smallest absolute Gasteiger partial charge is 0.252 e. The number of likely N-dealkylation sites (N-methyl/N-ethyl adjacent to an activating group) is 1. The summed E-state index contributed by atoms with van der Waals surface area (Å²) in [5.74, 6) is -0.0355. The van der Waals surface area contributed by atoms with Gasteiger partial charge >= 0.3 is 0 Å². The number of Topliss-reactive ketones (excluding diaryl/α,β-unsaturated/α-hetero) is 2. The average molecular weight is 2080 g/mol. The number of rotatable bonds is 30. The number of hydrogen-bond donors (Lipinski definition) is 4. The summed E-state index contributed by atoms with van der Waals surface area (Å²) in [6.45, 7) is 48.6. The number of nitrogens with zero attached hydrogens (tertiary/aromatic N) is 17. The Morgan fingerprint density at radius 1 is 0.570 bits per heavy atom. The number of halogens is 2. The maximum absolute atomic E-state index is 15.7. The van der Waals surface area contributed by atoms with E-state index in [1.807, 2.05) is 75.5 Å². The van der Waals surface area contributed by atoms with Gasteiger partial charge in [-0.2, -0.15) is 58.7 Å². The Labute approximate surface area is 876 Å². The van der Waals surface area contributed by atoms with Gasteiger partial charge in [-0.15, -0.1) is 11.1 Å². The van der Waals surface area contributed by atoms with E-state index >= 15 is 8.78 Å². The van der Waals surface area contributed by atoms with Crippen molar-refractivity contribution in [3.63, 3.8) is 0 Å². The van der Waals surface area contributed by atoms with Crippen LogP contribution in [0.3, 0.4) is 0 Å². The van der Waals surface area contributed by atoms with Crippen molar-refractivity contribution in [2.75, 3.05) is 104 Å². The molecular formula is C106H117F2N21O11Y2-4. The van der Waals surface area contributed by atoms with Crippen LogP contribution < -0.4 is 31.6 Å². The van der Waals surface area contributed by atoms with Gasteiger partial charge in [0.05, 0.1) is 86.2 Å². The Morgan fingerprint density at radius 3 is 1.46 bits per heavy atom. The molecule has 0 spiro atoms. The molecule has 7 aliphatic rings. The maximum Gasteiger partial charge on any atom is 0.252 e. The molecule has 4 aromatic heterocycles. The van der Waals surface area contributed by atoms with Gasteiger partial charge in [-0.1, -0.05) is 97.8 Å². The minimum Gasteiger partial charge on any atom is -0.457 e. The standard InChI is InChI=1S/C40H48FN10O4.C36H41FN9O3.2C15H14NO2.2Y/c1-28(52)44-14-21-54-22-20-48-16-18-49(19-17-48)26-40(2,3)24-34(43-4)39(53)50-15-8-9-29(50)25-51-38-35(37(42)45-27-46-38)36(47-51)32-13-12-31(23-33(32)41)55-30-10-6-5-7-11-30;1-24(47)40-17-9-10-18-44(5)36(2,3)21-30(39-4)35(48)45-19-11-12-25(45)22-46-34-31(33(38)41-23-42-34)32(43-46)28-16-15-27(20-29(28)37)49-26-13-7-6-8-14-26;2*1-10-6-7-13(14(17)8-10)16-9-11-4-2-3-5-12(11)15(16)18;;/h5-7,10-13,23-24,27,29H,1,8-9,14-22,25-26H2,2-3H3,(H,44,52)(H2,42,45,46);6-8,13-16,20-21,23,25H,1,9-12,17-19,22H2,2-3,5H3,(H,40,47)(H2,38,41,42);2*2-3,5,13H,1,6-9H2;;/q4*-1;;/b34-24-;30-21-;;;;/t29-;25-;;;;/m00..../s1. The minimum atomic E-state index is -0.576. The van der Waals surface area contributed by atoms with Crippen LogP contribution in [0, 0.1) is 56.2 Å². The predicted octanol–water partition coefficient (Wildman–Crippen LogP) is 13.9. The zero-order valence-electron chi connectivity index (χ0n) is 80.8. The third-order valence-corrected chi connectivity index (χ3v) is 26.1. The quantitative estimate of drug-likeness (QED) is 0.0141. The van der Waals surface area contributed by atoms with Gasteiger partial charge in [0.15, 0.2) is 34.7 Å². The zero-order chi connectivity index (χ0) is 99.5. The topological polar surface area (TPSA) is 359 Å². The van der Waals surface area contributed by atoms with Crippen molar-refractivity contribution in [3.8, 4) is 45.5 Å². The van der Waals surface area contributed by atoms with Gasteiger partial charge in [-0.05, 0) is 146 Å². The number of nitrogens with two attached hydrogens (primary N) is 2. The van der Waals surface area contributed by atoms with Crippen molar-refractivity contribution in [3.05, 3.63) is 277 Å². The van der Waals surface area contributed by atoms with Crippen LogP contribution in [0.25, 0.3) is 54.3 Å². The van der Waals surface area contributed by atoms with E-state index in [0.29, 0.717) is 166 Å². The summed E-state index contributed by atoms with van der Waals surface area (Å²) in [7, 11) is 1.95. The molecule has 0 bridgehead atoms. The van der Waals surface area contributed by atoms with E-state index in [1.165, 1.54) is 24.8 Å². The molecule has 736 valence electrons. The average Bonchev–Trinajstić information content (AvgIpc) is 1.62. The number of hydrogen-bond acceptors (Lipinski definition) is 22. The molecule has 2 saturated carbocycles. The molecule has 6 N–H and O–H groups in total. The van der Waals surface area contributed by atoms with Gasteiger partial charge in [-0.25, -0.2) is 47.8 Å². The zero-order valence-corrected chi connectivity index (χ0v) is 86.5. The number of nitrogen functional groups attached to an aromatic ring is 2. The van der Waals surface area contributed by atoms with Crippen molar-refractivity contribution in [1.82, 2.24) is 84.4 Å². The summed E-state index contributed by atoms with van der Waals surface area (Å²) in [6, 6.07) is 43.3. The van der Waals surface area contributed by atoms with Crippen LogP contribution in [-0.4, -0.2) is 243 Å². The Hall–Kier alpha value is -12.6. The van der Waals surface area contributed by atoms with Crippen molar-refractivity contribution in [2.24, 2.45) is 5.41 Å². The number of fused-ring (bicyclic) bond motifs is 4. The fourth-order valence-electron chi connectivity index (χ4n) is 18.6. The van der Waals surface area contributed by atoms with Crippen LogP contribution in [0.2, 0.25) is 0 Å². The number of amides is 6. The molecule has 2 radical (unpaired) electrons. The summed E-state index contributed by atoms with van der Waals surface area (Å²) in [5.41, 5.74) is 18.8. The monoisotopic (exact) mass is 2080 g/mol. The summed E-state index contributed by atoms with van der Waals surface area (Å²) >= 11 is 0. The van der Waals surface area contributed by atoms with Gasteiger partial charge in [-0.3, -0.25) is 38.6 Å². The van der Waals surface area contributed by atoms with Crippen molar-refractivity contribution in [2.45, 2.75) is 161 Å². The maximum atomic E-state index is 15.7. The van der Waals surface area contributed by atoms with E-state index in [4.69, 9.17) is 49.0 Å². The molecule has 5 fully saturated rings. The van der Waals surface area contributed by atoms with E-state index in [0.717, 1.165) is 93.5 Å². The molecule has 6 aromatic carbocycles. The van der Waals surface area contributed by atoms with Crippen LogP contribution >= 0.6 is 0 Å². The van der Waals surface area contributed by atoms with Crippen LogP contribution in [-0.2, 0) is 125 Å². The number of ketones is 2. The second-order valence-electron chi connectivity index (χ2n) is 37.0. The minimum absolute atomic E-state index is 0. The number of ether oxygens (including phenoxy) is 3.